The van der Waals surface area contributed by atoms with Crippen molar-refractivity contribution in [3.63, 3.8) is 0 Å². The van der Waals surface area contributed by atoms with Crippen molar-refractivity contribution in [2.24, 2.45) is 0 Å². The zero-order valence-electron chi connectivity index (χ0n) is 9.99. The Morgan fingerprint density at radius 1 is 1.35 bits per heavy atom. The molecule has 0 saturated heterocycles. The van der Waals surface area contributed by atoms with E-state index in [0.29, 0.717) is 5.56 Å². The number of hydrogen-bond donors (Lipinski definition) is 1. The van der Waals surface area contributed by atoms with Crippen LogP contribution in [0.15, 0.2) is 22.7 Å². The summed E-state index contributed by atoms with van der Waals surface area (Å²) in [5.41, 5.74) is 1.64. The van der Waals surface area contributed by atoms with Crippen molar-refractivity contribution >= 4 is 21.6 Å². The Morgan fingerprint density at radius 3 is 2.76 bits per heavy atom. The second-order valence-corrected chi connectivity index (χ2v) is 4.89. The highest BCUT2D eigenvalue weighted by Gasteiger charge is 2.07. The molecule has 0 radical (unpaired) electrons. The lowest BCUT2D eigenvalue weighted by molar-refractivity contribution is 0.283. The zero-order valence-corrected chi connectivity index (χ0v) is 11.6. The summed E-state index contributed by atoms with van der Waals surface area (Å²) in [4.78, 5) is 2.08. The normalized spacial score (nSPS) is 10.0. The molecule has 0 aliphatic rings. The van der Waals surface area contributed by atoms with E-state index in [1.807, 2.05) is 25.2 Å². The Labute approximate surface area is 111 Å². The van der Waals surface area contributed by atoms with Crippen LogP contribution in [0.5, 0.6) is 0 Å². The molecule has 1 rings (SSSR count). The fourth-order valence-electron chi connectivity index (χ4n) is 1.67. The first-order chi connectivity index (χ1) is 8.19. The van der Waals surface area contributed by atoms with Crippen molar-refractivity contribution in [2.45, 2.75) is 19.3 Å². The van der Waals surface area contributed by atoms with Crippen molar-refractivity contribution < 1.29 is 5.11 Å². The van der Waals surface area contributed by atoms with Gasteiger partial charge in [0.25, 0.3) is 0 Å². The number of unbranched alkanes of at least 4 members (excludes halogenated alkanes) is 2. The van der Waals surface area contributed by atoms with Crippen LogP contribution in [-0.4, -0.2) is 25.3 Å². The summed E-state index contributed by atoms with van der Waals surface area (Å²) in [6.45, 7) is 1.15. The average molecular weight is 297 g/mol. The molecule has 0 aromatic heterocycles. The van der Waals surface area contributed by atoms with Gasteiger partial charge < -0.3 is 10.0 Å². The second kappa shape index (κ2) is 7.31. The lowest BCUT2D eigenvalue weighted by atomic mass is 10.1. The minimum Gasteiger partial charge on any atom is -0.396 e. The Morgan fingerprint density at radius 2 is 2.12 bits per heavy atom. The van der Waals surface area contributed by atoms with Crippen LogP contribution < -0.4 is 4.90 Å². The Hall–Kier alpha value is -1.05. The van der Waals surface area contributed by atoms with E-state index in [1.165, 1.54) is 0 Å². The third-order valence-electron chi connectivity index (χ3n) is 2.64. The topological polar surface area (TPSA) is 47.3 Å². The van der Waals surface area contributed by atoms with Crippen LogP contribution in [-0.2, 0) is 0 Å². The highest BCUT2D eigenvalue weighted by atomic mass is 79.9. The minimum absolute atomic E-state index is 0.254. The van der Waals surface area contributed by atoms with Gasteiger partial charge in [0.2, 0.25) is 0 Å². The third-order valence-corrected chi connectivity index (χ3v) is 3.14. The van der Waals surface area contributed by atoms with E-state index in [4.69, 9.17) is 10.4 Å². The lowest BCUT2D eigenvalue weighted by Crippen LogP contribution is -2.19. The molecule has 0 bridgehead atoms. The van der Waals surface area contributed by atoms with Gasteiger partial charge in [-0.1, -0.05) is 15.9 Å². The minimum atomic E-state index is 0.254. The summed E-state index contributed by atoms with van der Waals surface area (Å²) < 4.78 is 0.980. The van der Waals surface area contributed by atoms with Gasteiger partial charge in [-0.15, -0.1) is 0 Å². The van der Waals surface area contributed by atoms with Crippen LogP contribution in [0, 0.1) is 11.3 Å². The van der Waals surface area contributed by atoms with Gasteiger partial charge in [0.15, 0.2) is 0 Å². The SMILES string of the molecule is CN(CCCCCO)c1cc(Br)ccc1C#N. The van der Waals surface area contributed by atoms with Gasteiger partial charge in [0.05, 0.1) is 11.3 Å². The smallest absolute Gasteiger partial charge is 0.101 e. The maximum absolute atomic E-state index is 9.04. The standard InChI is InChI=1S/C13H17BrN2O/c1-16(7-3-2-4-8-17)13-9-12(14)6-5-11(13)10-15/h5-6,9,17H,2-4,7-8H2,1H3. The number of benzene rings is 1. The first kappa shape index (κ1) is 14.0. The van der Waals surface area contributed by atoms with Crippen LogP contribution in [0.3, 0.4) is 0 Å². The molecule has 1 aromatic carbocycles. The van der Waals surface area contributed by atoms with Crippen LogP contribution >= 0.6 is 15.9 Å². The predicted octanol–water partition coefficient (Wildman–Crippen LogP) is 2.92. The highest BCUT2D eigenvalue weighted by Crippen LogP contribution is 2.24. The second-order valence-electron chi connectivity index (χ2n) is 3.98. The molecule has 4 heteroatoms. The molecule has 0 atom stereocenters. The molecule has 0 spiro atoms. The van der Waals surface area contributed by atoms with Crippen molar-refractivity contribution in [3.8, 4) is 6.07 Å². The van der Waals surface area contributed by atoms with E-state index in [2.05, 4.69) is 26.9 Å². The number of nitrogens with zero attached hydrogens (tertiary/aromatic N) is 2. The molecule has 1 N–H and O–H groups in total. The van der Waals surface area contributed by atoms with Crippen LogP contribution in [0.2, 0.25) is 0 Å². The van der Waals surface area contributed by atoms with Crippen molar-refractivity contribution in [1.29, 1.82) is 5.26 Å². The quantitative estimate of drug-likeness (QED) is 0.821. The Bertz CT molecular complexity index is 401. The number of nitriles is 1. The number of rotatable bonds is 6. The lowest BCUT2D eigenvalue weighted by Gasteiger charge is -2.20. The van der Waals surface area contributed by atoms with Gasteiger partial charge in [0.1, 0.15) is 6.07 Å². The molecule has 0 heterocycles. The van der Waals surface area contributed by atoms with Gasteiger partial charge in [0, 0.05) is 24.7 Å². The van der Waals surface area contributed by atoms with Crippen LogP contribution in [0.25, 0.3) is 0 Å². The number of aliphatic hydroxyl groups excluding tert-OH is 1. The molecule has 92 valence electrons. The first-order valence-corrected chi connectivity index (χ1v) is 6.50. The van der Waals surface area contributed by atoms with E-state index in [0.717, 1.165) is 36.0 Å². The highest BCUT2D eigenvalue weighted by molar-refractivity contribution is 9.10. The molecule has 0 fully saturated rings. The molecule has 3 nitrogen and oxygen atoms in total. The largest absolute Gasteiger partial charge is 0.396 e. The summed E-state index contributed by atoms with van der Waals surface area (Å²) in [7, 11) is 1.99. The third kappa shape index (κ3) is 4.37. The molecule has 0 unspecified atom stereocenters. The molecular weight excluding hydrogens is 280 g/mol. The summed E-state index contributed by atoms with van der Waals surface area (Å²) in [5.74, 6) is 0. The molecule has 1 aromatic rings. The van der Waals surface area contributed by atoms with Crippen molar-refractivity contribution in [2.75, 3.05) is 25.1 Å². The molecular formula is C13H17BrN2O. The number of hydrogen-bond acceptors (Lipinski definition) is 3. The van der Waals surface area contributed by atoms with Gasteiger partial charge in [-0.25, -0.2) is 0 Å². The van der Waals surface area contributed by atoms with Gasteiger partial charge in [-0.2, -0.15) is 5.26 Å². The average Bonchev–Trinajstić information content (AvgIpc) is 2.34. The molecule has 0 saturated carbocycles. The summed E-state index contributed by atoms with van der Waals surface area (Å²) in [6.07, 6.45) is 2.88. The monoisotopic (exact) mass is 296 g/mol. The number of halogens is 1. The fourth-order valence-corrected chi connectivity index (χ4v) is 2.02. The van der Waals surface area contributed by atoms with Crippen molar-refractivity contribution in [1.82, 2.24) is 0 Å². The van der Waals surface area contributed by atoms with Gasteiger partial charge in [-0.05, 0) is 37.5 Å². The zero-order chi connectivity index (χ0) is 12.7. The molecule has 0 amide bonds. The summed E-state index contributed by atoms with van der Waals surface area (Å²) in [5, 5.41) is 17.7. The predicted molar refractivity (Wildman–Crippen MR) is 73.1 cm³/mol. The maximum atomic E-state index is 9.04. The van der Waals surface area contributed by atoms with Crippen LogP contribution in [0.1, 0.15) is 24.8 Å². The number of anilines is 1. The van der Waals surface area contributed by atoms with Crippen LogP contribution in [0.4, 0.5) is 5.69 Å². The molecule has 0 aliphatic heterocycles. The van der Waals surface area contributed by atoms with Crippen molar-refractivity contribution in [3.05, 3.63) is 28.2 Å². The molecule has 17 heavy (non-hydrogen) atoms. The van der Waals surface area contributed by atoms with Gasteiger partial charge >= 0.3 is 0 Å². The van der Waals surface area contributed by atoms with E-state index in [1.54, 1.807) is 0 Å². The van der Waals surface area contributed by atoms with E-state index >= 15 is 0 Å². The van der Waals surface area contributed by atoms with E-state index in [9.17, 15) is 0 Å². The Balaban J connectivity index is 2.64. The van der Waals surface area contributed by atoms with Gasteiger partial charge in [-0.3, -0.25) is 0 Å². The molecule has 0 aliphatic carbocycles. The fraction of sp³-hybridized carbons (Fsp3) is 0.462. The van der Waals surface area contributed by atoms with E-state index in [-0.39, 0.29) is 6.61 Å². The first-order valence-electron chi connectivity index (χ1n) is 5.70. The number of aliphatic hydroxyl groups is 1. The van der Waals surface area contributed by atoms with E-state index < -0.39 is 0 Å². The Kier molecular flexibility index (Phi) is 6.03. The summed E-state index contributed by atoms with van der Waals surface area (Å²) in [6, 6.07) is 7.87. The summed E-state index contributed by atoms with van der Waals surface area (Å²) >= 11 is 3.42. The maximum Gasteiger partial charge on any atom is 0.101 e.